The minimum Gasteiger partial charge on any atom is -0.298 e. The van der Waals surface area contributed by atoms with Crippen LogP contribution >= 0.6 is 11.3 Å². The Balaban J connectivity index is 1.65. The monoisotopic (exact) mass is 320 g/mol. The molecule has 4 rings (SSSR count). The van der Waals surface area contributed by atoms with Crippen LogP contribution in [-0.2, 0) is 12.8 Å². The van der Waals surface area contributed by atoms with Crippen LogP contribution < -0.4 is 5.32 Å². The molecule has 0 aliphatic heterocycles. The van der Waals surface area contributed by atoms with E-state index in [2.05, 4.69) is 28.5 Å². The summed E-state index contributed by atoms with van der Waals surface area (Å²) >= 11 is 1.58. The third-order valence-corrected chi connectivity index (χ3v) is 5.23. The van der Waals surface area contributed by atoms with Crippen LogP contribution in [0, 0.1) is 6.92 Å². The second-order valence-electron chi connectivity index (χ2n) is 5.72. The standard InChI is InChI=1S/C19H16N2OS/c1-12-6-2-4-8-14(12)18(22)21-19-20-17-15-9-5-3-7-13(15)10-11-16(17)23-19/h2-9H,10-11H2,1H3,(H,20,21,22). The molecule has 23 heavy (non-hydrogen) atoms. The van der Waals surface area contributed by atoms with Crippen LogP contribution in [-0.4, -0.2) is 10.9 Å². The lowest BCUT2D eigenvalue weighted by atomic mass is 9.94. The zero-order valence-corrected chi connectivity index (χ0v) is 13.6. The molecule has 0 saturated heterocycles. The molecule has 1 aromatic heterocycles. The number of thiazole rings is 1. The number of aryl methyl sites for hydroxylation is 3. The van der Waals surface area contributed by atoms with Crippen LogP contribution in [0.1, 0.15) is 26.4 Å². The number of aromatic nitrogens is 1. The lowest BCUT2D eigenvalue weighted by molar-refractivity contribution is 0.102. The zero-order chi connectivity index (χ0) is 15.8. The maximum Gasteiger partial charge on any atom is 0.257 e. The van der Waals surface area contributed by atoms with Crippen molar-refractivity contribution in [2.45, 2.75) is 19.8 Å². The van der Waals surface area contributed by atoms with Gasteiger partial charge in [0.2, 0.25) is 0 Å². The number of nitrogens with zero attached hydrogens (tertiary/aromatic N) is 1. The van der Waals surface area contributed by atoms with E-state index in [4.69, 9.17) is 0 Å². The quantitative estimate of drug-likeness (QED) is 0.757. The van der Waals surface area contributed by atoms with E-state index in [1.54, 1.807) is 11.3 Å². The summed E-state index contributed by atoms with van der Waals surface area (Å²) in [7, 11) is 0. The Hall–Kier alpha value is -2.46. The van der Waals surface area contributed by atoms with Crippen molar-refractivity contribution in [2.75, 3.05) is 5.32 Å². The van der Waals surface area contributed by atoms with Gasteiger partial charge in [-0.2, -0.15) is 0 Å². The molecule has 4 heteroatoms. The van der Waals surface area contributed by atoms with Crippen molar-refractivity contribution in [1.29, 1.82) is 0 Å². The highest BCUT2D eigenvalue weighted by molar-refractivity contribution is 7.16. The Labute approximate surface area is 139 Å². The average molecular weight is 320 g/mol. The number of hydrogen-bond donors (Lipinski definition) is 1. The minimum absolute atomic E-state index is 0.0949. The molecule has 0 unspecified atom stereocenters. The molecule has 0 saturated carbocycles. The summed E-state index contributed by atoms with van der Waals surface area (Å²) in [6, 6.07) is 16.0. The second kappa shape index (κ2) is 5.63. The first kappa shape index (κ1) is 14.2. The van der Waals surface area contributed by atoms with Crippen molar-refractivity contribution in [2.24, 2.45) is 0 Å². The molecule has 0 radical (unpaired) electrons. The van der Waals surface area contributed by atoms with Gasteiger partial charge in [-0.25, -0.2) is 4.98 Å². The molecule has 1 aliphatic rings. The molecule has 1 amide bonds. The van der Waals surface area contributed by atoms with Gasteiger partial charge in [-0.1, -0.05) is 42.5 Å². The molecular formula is C19H16N2OS. The van der Waals surface area contributed by atoms with E-state index in [-0.39, 0.29) is 5.91 Å². The number of carbonyl (C=O) groups excluding carboxylic acids is 1. The first-order chi connectivity index (χ1) is 11.2. The van der Waals surface area contributed by atoms with Crippen molar-refractivity contribution in [3.05, 3.63) is 70.1 Å². The molecule has 2 aromatic carbocycles. The predicted molar refractivity (Wildman–Crippen MR) is 94.1 cm³/mol. The predicted octanol–water partition coefficient (Wildman–Crippen LogP) is 4.47. The van der Waals surface area contributed by atoms with Crippen molar-refractivity contribution >= 4 is 22.4 Å². The maximum absolute atomic E-state index is 12.4. The number of hydrogen-bond acceptors (Lipinski definition) is 3. The summed E-state index contributed by atoms with van der Waals surface area (Å²) in [5, 5.41) is 3.64. The van der Waals surface area contributed by atoms with Crippen molar-refractivity contribution in [1.82, 2.24) is 4.98 Å². The Morgan fingerprint density at radius 2 is 1.87 bits per heavy atom. The van der Waals surface area contributed by atoms with Gasteiger partial charge in [-0.15, -0.1) is 11.3 Å². The van der Waals surface area contributed by atoms with E-state index in [9.17, 15) is 4.79 Å². The highest BCUT2D eigenvalue weighted by Gasteiger charge is 2.21. The summed E-state index contributed by atoms with van der Waals surface area (Å²) in [5.74, 6) is -0.0949. The number of carbonyl (C=O) groups is 1. The van der Waals surface area contributed by atoms with Gasteiger partial charge in [-0.05, 0) is 37.0 Å². The van der Waals surface area contributed by atoms with Gasteiger partial charge in [-0.3, -0.25) is 10.1 Å². The van der Waals surface area contributed by atoms with Crippen molar-refractivity contribution in [3.63, 3.8) is 0 Å². The average Bonchev–Trinajstić information content (AvgIpc) is 2.98. The summed E-state index contributed by atoms with van der Waals surface area (Å²) in [6.07, 6.45) is 2.03. The number of rotatable bonds is 2. The number of benzene rings is 2. The Morgan fingerprint density at radius 1 is 1.09 bits per heavy atom. The number of nitrogens with one attached hydrogen (secondary N) is 1. The molecule has 1 aliphatic carbocycles. The first-order valence-corrected chi connectivity index (χ1v) is 8.49. The van der Waals surface area contributed by atoms with Crippen LogP contribution in [0.15, 0.2) is 48.5 Å². The lowest BCUT2D eigenvalue weighted by Crippen LogP contribution is -2.13. The molecule has 0 fully saturated rings. The van der Waals surface area contributed by atoms with Gasteiger partial charge >= 0.3 is 0 Å². The van der Waals surface area contributed by atoms with Gasteiger partial charge in [0, 0.05) is 16.0 Å². The fourth-order valence-electron chi connectivity index (χ4n) is 2.99. The van der Waals surface area contributed by atoms with Gasteiger partial charge in [0.1, 0.15) is 0 Å². The maximum atomic E-state index is 12.4. The van der Waals surface area contributed by atoms with Crippen molar-refractivity contribution in [3.8, 4) is 11.3 Å². The normalized spacial score (nSPS) is 12.4. The molecule has 1 N–H and O–H groups in total. The minimum atomic E-state index is -0.0949. The first-order valence-electron chi connectivity index (χ1n) is 7.67. The third-order valence-electron chi connectivity index (χ3n) is 4.20. The van der Waals surface area contributed by atoms with E-state index in [1.807, 2.05) is 37.3 Å². The van der Waals surface area contributed by atoms with Gasteiger partial charge < -0.3 is 0 Å². The van der Waals surface area contributed by atoms with Crippen LogP contribution in [0.5, 0.6) is 0 Å². The Morgan fingerprint density at radius 3 is 2.74 bits per heavy atom. The second-order valence-corrected chi connectivity index (χ2v) is 6.80. The molecule has 3 nitrogen and oxygen atoms in total. The fraction of sp³-hybridized carbons (Fsp3) is 0.158. The lowest BCUT2D eigenvalue weighted by Gasteiger charge is -2.13. The van der Waals surface area contributed by atoms with E-state index < -0.39 is 0 Å². The van der Waals surface area contributed by atoms with Gasteiger partial charge in [0.15, 0.2) is 5.13 Å². The molecule has 3 aromatic rings. The van der Waals surface area contributed by atoms with Crippen LogP contribution in [0.4, 0.5) is 5.13 Å². The van der Waals surface area contributed by atoms with Crippen molar-refractivity contribution < 1.29 is 4.79 Å². The van der Waals surface area contributed by atoms with E-state index in [0.717, 1.165) is 24.1 Å². The third kappa shape index (κ3) is 2.55. The van der Waals surface area contributed by atoms with Crippen LogP contribution in [0.3, 0.4) is 0 Å². The number of amides is 1. The van der Waals surface area contributed by atoms with Crippen LogP contribution in [0.2, 0.25) is 0 Å². The highest BCUT2D eigenvalue weighted by Crippen LogP contribution is 2.38. The Bertz CT molecular complexity index is 898. The number of anilines is 1. The van der Waals surface area contributed by atoms with Crippen LogP contribution in [0.25, 0.3) is 11.3 Å². The molecule has 114 valence electrons. The number of fused-ring (bicyclic) bond motifs is 3. The van der Waals surface area contributed by atoms with E-state index in [0.29, 0.717) is 10.7 Å². The van der Waals surface area contributed by atoms with E-state index >= 15 is 0 Å². The SMILES string of the molecule is Cc1ccccc1C(=O)Nc1nc2c(s1)CCc1ccccc1-2. The molecule has 0 spiro atoms. The topological polar surface area (TPSA) is 42.0 Å². The fourth-order valence-corrected chi connectivity index (χ4v) is 3.97. The molecule has 1 heterocycles. The summed E-state index contributed by atoms with van der Waals surface area (Å²) in [6.45, 7) is 1.94. The molecule has 0 bridgehead atoms. The summed E-state index contributed by atoms with van der Waals surface area (Å²) < 4.78 is 0. The van der Waals surface area contributed by atoms with Gasteiger partial charge in [0.05, 0.1) is 5.69 Å². The molecule has 0 atom stereocenters. The van der Waals surface area contributed by atoms with Gasteiger partial charge in [0.25, 0.3) is 5.91 Å². The zero-order valence-electron chi connectivity index (χ0n) is 12.8. The molecular weight excluding hydrogens is 304 g/mol. The van der Waals surface area contributed by atoms with E-state index in [1.165, 1.54) is 16.0 Å². The largest absolute Gasteiger partial charge is 0.298 e. The summed E-state index contributed by atoms with van der Waals surface area (Å²) in [4.78, 5) is 18.4. The Kier molecular flexibility index (Phi) is 3.46. The summed E-state index contributed by atoms with van der Waals surface area (Å²) in [5.41, 5.74) is 5.22. The highest BCUT2D eigenvalue weighted by atomic mass is 32.1. The smallest absolute Gasteiger partial charge is 0.257 e.